The summed E-state index contributed by atoms with van der Waals surface area (Å²) in [4.78, 5) is 13.7. The number of ether oxygens (including phenoxy) is 1. The number of nitrogens with zero attached hydrogens (tertiary/aromatic N) is 5. The van der Waals surface area contributed by atoms with Crippen molar-refractivity contribution in [2.75, 3.05) is 6.61 Å². The van der Waals surface area contributed by atoms with Gasteiger partial charge in [0.25, 0.3) is 0 Å². The van der Waals surface area contributed by atoms with Gasteiger partial charge in [0, 0.05) is 76.6 Å². The maximum absolute atomic E-state index is 14.3. The Bertz CT molecular complexity index is 2260. The number of aryl methyl sites for hydroxylation is 4. The van der Waals surface area contributed by atoms with Crippen LogP contribution in [0.25, 0.3) is 32.8 Å². The molecule has 8 bridgehead atoms. The van der Waals surface area contributed by atoms with E-state index in [1.54, 1.807) is 47.3 Å². The summed E-state index contributed by atoms with van der Waals surface area (Å²) in [6, 6.07) is 12.5. The molecule has 3 aromatic carbocycles. The van der Waals surface area contributed by atoms with Crippen LogP contribution in [-0.2, 0) is 44.8 Å². The van der Waals surface area contributed by atoms with Gasteiger partial charge in [-0.1, -0.05) is 23.2 Å². The molecule has 8 nitrogen and oxygen atoms in total. The Morgan fingerprint density at radius 1 is 0.979 bits per heavy atom. The van der Waals surface area contributed by atoms with E-state index in [1.165, 1.54) is 12.1 Å². The van der Waals surface area contributed by atoms with Crippen molar-refractivity contribution in [2.24, 2.45) is 21.1 Å². The van der Waals surface area contributed by atoms with Crippen molar-refractivity contribution >= 4 is 74.4 Å². The van der Waals surface area contributed by atoms with E-state index < -0.39 is 5.97 Å². The minimum absolute atomic E-state index is 0.153. The summed E-state index contributed by atoms with van der Waals surface area (Å²) in [6.45, 7) is 2.30. The van der Waals surface area contributed by atoms with Gasteiger partial charge in [0.15, 0.2) is 0 Å². The SMILES string of the molecule is Cc1c2c(nn1C)CSCc1cc(n(C)n1)CSc1cc(c3ccc(F)cc3c1)OCCCc1c(C(=O)O)n(C)c3c-2c(Cl)cc(Cl)c13. The van der Waals surface area contributed by atoms with Crippen LogP contribution >= 0.6 is 46.7 Å². The Morgan fingerprint density at radius 3 is 2.58 bits per heavy atom. The number of fused-ring (bicyclic) bond motifs is 8. The lowest BCUT2D eigenvalue weighted by Gasteiger charge is -2.13. The van der Waals surface area contributed by atoms with Crippen LogP contribution in [0.1, 0.15) is 45.2 Å². The van der Waals surface area contributed by atoms with Gasteiger partial charge in [-0.15, -0.1) is 23.5 Å². The first-order valence-electron chi connectivity index (χ1n) is 15.4. The van der Waals surface area contributed by atoms with E-state index in [1.807, 2.05) is 42.5 Å². The number of carboxylic acid groups (broad SMARTS) is 1. The van der Waals surface area contributed by atoms with Gasteiger partial charge in [-0.25, -0.2) is 9.18 Å². The predicted octanol–water partition coefficient (Wildman–Crippen LogP) is 8.97. The molecule has 3 aromatic heterocycles. The van der Waals surface area contributed by atoms with Gasteiger partial charge in [-0.05, 0) is 73.2 Å². The fourth-order valence-electron chi connectivity index (χ4n) is 6.62. The molecule has 7 rings (SSSR count). The minimum Gasteiger partial charge on any atom is -0.493 e. The van der Waals surface area contributed by atoms with Gasteiger partial charge < -0.3 is 14.4 Å². The van der Waals surface area contributed by atoms with Gasteiger partial charge in [0.05, 0.1) is 33.6 Å². The van der Waals surface area contributed by atoms with Crippen LogP contribution in [0.2, 0.25) is 10.0 Å². The summed E-state index contributed by atoms with van der Waals surface area (Å²) in [5.74, 6) is 1.21. The Balaban J connectivity index is 1.38. The van der Waals surface area contributed by atoms with Crippen molar-refractivity contribution in [2.45, 2.75) is 41.9 Å². The number of thioether (sulfide) groups is 2. The molecule has 0 unspecified atom stereocenters. The second-order valence-electron chi connectivity index (χ2n) is 11.9. The smallest absolute Gasteiger partial charge is 0.352 e. The molecule has 4 heterocycles. The van der Waals surface area contributed by atoms with Crippen molar-refractivity contribution in [3.8, 4) is 16.9 Å². The van der Waals surface area contributed by atoms with Crippen molar-refractivity contribution in [3.63, 3.8) is 0 Å². The van der Waals surface area contributed by atoms with Gasteiger partial charge in [-0.3, -0.25) is 9.36 Å². The zero-order chi connectivity index (χ0) is 33.9. The second kappa shape index (κ2) is 13.0. The van der Waals surface area contributed by atoms with Crippen molar-refractivity contribution in [1.29, 1.82) is 0 Å². The summed E-state index contributed by atoms with van der Waals surface area (Å²) >= 11 is 17.2. The number of halogens is 3. The number of carboxylic acids is 1. The van der Waals surface area contributed by atoms with Crippen LogP contribution < -0.4 is 4.74 Å². The third-order valence-corrected chi connectivity index (χ3v) is 11.5. The van der Waals surface area contributed by atoms with Crippen molar-refractivity contribution < 1.29 is 19.0 Å². The molecule has 13 heteroatoms. The van der Waals surface area contributed by atoms with Gasteiger partial charge in [-0.2, -0.15) is 10.2 Å². The molecular weight excluding hydrogens is 692 g/mol. The van der Waals surface area contributed by atoms with E-state index in [9.17, 15) is 14.3 Å². The first-order chi connectivity index (χ1) is 23.0. The molecule has 0 saturated carbocycles. The molecule has 1 aliphatic rings. The molecule has 0 fully saturated rings. The van der Waals surface area contributed by atoms with Gasteiger partial charge in [0.1, 0.15) is 17.3 Å². The zero-order valence-corrected chi connectivity index (χ0v) is 29.9. The van der Waals surface area contributed by atoms with Crippen LogP contribution in [0.4, 0.5) is 4.39 Å². The normalized spacial score (nSPS) is 14.2. The van der Waals surface area contributed by atoms with Crippen LogP contribution in [0.5, 0.6) is 5.75 Å². The summed E-state index contributed by atoms with van der Waals surface area (Å²) in [6.07, 6.45) is 0.914. The largest absolute Gasteiger partial charge is 0.493 e. The number of aromatic nitrogens is 5. The lowest BCUT2D eigenvalue weighted by Crippen LogP contribution is -2.09. The average molecular weight is 725 g/mol. The van der Waals surface area contributed by atoms with Crippen molar-refractivity contribution in [1.82, 2.24) is 24.1 Å². The maximum Gasteiger partial charge on any atom is 0.352 e. The molecule has 6 aromatic rings. The minimum atomic E-state index is -1.05. The molecule has 0 spiro atoms. The van der Waals surface area contributed by atoms with Gasteiger partial charge >= 0.3 is 5.97 Å². The number of hydrogen-bond acceptors (Lipinski definition) is 6. The van der Waals surface area contributed by atoms with Gasteiger partial charge in [0.2, 0.25) is 0 Å². The van der Waals surface area contributed by atoms with Crippen LogP contribution in [0, 0.1) is 12.7 Å². The fourth-order valence-corrected chi connectivity index (χ4v) is 9.11. The third-order valence-electron chi connectivity index (χ3n) is 8.90. The topological polar surface area (TPSA) is 87.1 Å². The molecule has 0 amide bonds. The van der Waals surface area contributed by atoms with E-state index >= 15 is 0 Å². The predicted molar refractivity (Wildman–Crippen MR) is 192 cm³/mol. The fraction of sp³-hybridized carbons (Fsp3) is 0.286. The van der Waals surface area contributed by atoms with E-state index in [4.69, 9.17) is 38.1 Å². The zero-order valence-electron chi connectivity index (χ0n) is 26.7. The van der Waals surface area contributed by atoms with Crippen LogP contribution in [-0.4, -0.2) is 41.8 Å². The summed E-state index contributed by atoms with van der Waals surface area (Å²) in [5, 5.41) is 23.1. The van der Waals surface area contributed by atoms with Crippen LogP contribution in [0.15, 0.2) is 47.4 Å². The first kappa shape index (κ1) is 32.9. The molecule has 1 aliphatic heterocycles. The Labute approximate surface area is 295 Å². The second-order valence-corrected chi connectivity index (χ2v) is 14.8. The lowest BCUT2D eigenvalue weighted by atomic mass is 9.98. The van der Waals surface area contributed by atoms with Crippen LogP contribution in [0.3, 0.4) is 0 Å². The number of benzene rings is 3. The highest BCUT2D eigenvalue weighted by atomic mass is 35.5. The molecule has 1 N–H and O–H groups in total. The highest BCUT2D eigenvalue weighted by molar-refractivity contribution is 7.98. The molecular formula is C35H32Cl2FN5O3S2. The first-order valence-corrected chi connectivity index (χ1v) is 18.2. The molecule has 48 heavy (non-hydrogen) atoms. The third kappa shape index (κ3) is 5.84. The monoisotopic (exact) mass is 723 g/mol. The number of hydrogen-bond donors (Lipinski definition) is 1. The number of rotatable bonds is 1. The maximum atomic E-state index is 14.3. The number of aromatic carboxylic acids is 1. The quantitative estimate of drug-likeness (QED) is 0.181. The lowest BCUT2D eigenvalue weighted by molar-refractivity contribution is 0.0685. The van der Waals surface area contributed by atoms with E-state index in [2.05, 4.69) is 6.07 Å². The average Bonchev–Trinajstić information content (AvgIpc) is 3.63. The van der Waals surface area contributed by atoms with E-state index in [0.717, 1.165) is 44.0 Å². The highest BCUT2D eigenvalue weighted by Gasteiger charge is 2.29. The molecule has 0 radical (unpaired) electrons. The Hall–Kier alpha value is -3.64. The molecule has 0 aliphatic carbocycles. The molecule has 0 atom stereocenters. The molecule has 0 saturated heterocycles. The van der Waals surface area contributed by atoms with E-state index in [-0.39, 0.29) is 11.5 Å². The standard InChI is InChI=1S/C35H32Cl2FN5O3S2/c1-18-30-28(40-42(18)3)17-47-15-21-12-22(43(4)39-21)16-48-23-11-19-10-20(38)7-8-24(19)29(13-23)46-9-5-6-25-31-26(36)14-27(37)32(30)34(31)41(2)33(25)35(44)45/h7-8,10-14H,5-6,9,15-17H2,1-4H3,(H,44,45). The highest BCUT2D eigenvalue weighted by Crippen LogP contribution is 2.45. The molecule has 248 valence electrons. The summed E-state index contributed by atoms with van der Waals surface area (Å²) in [7, 11) is 5.59. The Morgan fingerprint density at radius 2 is 1.79 bits per heavy atom. The summed E-state index contributed by atoms with van der Waals surface area (Å²) < 4.78 is 26.1. The van der Waals surface area contributed by atoms with Crippen molar-refractivity contribution in [3.05, 3.63) is 92.4 Å². The van der Waals surface area contributed by atoms with E-state index in [0.29, 0.717) is 74.5 Å². The Kier molecular flexibility index (Phi) is 8.91. The number of carbonyl (C=O) groups is 1. The summed E-state index contributed by atoms with van der Waals surface area (Å²) in [5.41, 5.74) is 6.79.